The van der Waals surface area contributed by atoms with Crippen LogP contribution in [0.5, 0.6) is 5.75 Å². The van der Waals surface area contributed by atoms with Gasteiger partial charge in [-0.25, -0.2) is 4.98 Å². The first-order chi connectivity index (χ1) is 14.7. The van der Waals surface area contributed by atoms with Crippen molar-refractivity contribution in [2.45, 2.75) is 20.0 Å². The minimum Gasteiger partial charge on any atom is -0.491 e. The van der Waals surface area contributed by atoms with Gasteiger partial charge in [0, 0.05) is 26.3 Å². The van der Waals surface area contributed by atoms with E-state index in [1.165, 1.54) is 0 Å². The van der Waals surface area contributed by atoms with E-state index in [0.29, 0.717) is 32.3 Å². The van der Waals surface area contributed by atoms with Gasteiger partial charge in [-0.1, -0.05) is 42.5 Å². The molecule has 1 aromatic heterocycles. The van der Waals surface area contributed by atoms with E-state index in [1.54, 1.807) is 14.2 Å². The molecule has 0 saturated heterocycles. The van der Waals surface area contributed by atoms with E-state index in [-0.39, 0.29) is 24.0 Å². The van der Waals surface area contributed by atoms with E-state index in [1.807, 2.05) is 37.4 Å². The summed E-state index contributed by atoms with van der Waals surface area (Å²) in [5.41, 5.74) is 4.32. The fourth-order valence-corrected chi connectivity index (χ4v) is 2.96. The molecule has 0 aliphatic heterocycles. The maximum absolute atomic E-state index is 5.86. The van der Waals surface area contributed by atoms with Gasteiger partial charge in [-0.3, -0.25) is 4.99 Å². The number of aryl methyl sites for hydroxylation is 1. The van der Waals surface area contributed by atoms with Gasteiger partial charge in [-0.2, -0.15) is 0 Å². The Morgan fingerprint density at radius 2 is 1.84 bits per heavy atom. The third-order valence-electron chi connectivity index (χ3n) is 4.57. The van der Waals surface area contributed by atoms with Crippen LogP contribution in [0, 0.1) is 6.92 Å². The summed E-state index contributed by atoms with van der Waals surface area (Å²) in [6.07, 6.45) is 1.85. The molecule has 31 heavy (non-hydrogen) atoms. The number of hydrogen-bond donors (Lipinski definition) is 3. The summed E-state index contributed by atoms with van der Waals surface area (Å²) < 4.78 is 10.9. The van der Waals surface area contributed by atoms with Gasteiger partial charge in [0.15, 0.2) is 5.96 Å². The van der Waals surface area contributed by atoms with Crippen molar-refractivity contribution in [3.63, 3.8) is 0 Å². The lowest BCUT2D eigenvalue weighted by molar-refractivity contribution is 0.145. The number of nitrogens with one attached hydrogen (secondary N) is 3. The van der Waals surface area contributed by atoms with Gasteiger partial charge in [-0.15, -0.1) is 24.0 Å². The topological polar surface area (TPSA) is 83.6 Å². The lowest BCUT2D eigenvalue weighted by Crippen LogP contribution is -2.36. The van der Waals surface area contributed by atoms with Crippen LogP contribution in [0.4, 0.5) is 0 Å². The average molecular weight is 535 g/mol. The van der Waals surface area contributed by atoms with E-state index >= 15 is 0 Å². The smallest absolute Gasteiger partial charge is 0.191 e. The van der Waals surface area contributed by atoms with Gasteiger partial charge in [-0.05, 0) is 24.1 Å². The van der Waals surface area contributed by atoms with Crippen LogP contribution >= 0.6 is 24.0 Å². The van der Waals surface area contributed by atoms with Gasteiger partial charge in [0.25, 0.3) is 0 Å². The number of aromatic amines is 1. The van der Waals surface area contributed by atoms with Crippen molar-refractivity contribution in [2.75, 3.05) is 27.4 Å². The molecule has 0 amide bonds. The number of hydrogen-bond acceptors (Lipinski definition) is 4. The molecule has 8 heteroatoms. The minimum absolute atomic E-state index is 0. The van der Waals surface area contributed by atoms with E-state index in [9.17, 15) is 0 Å². The second-order valence-corrected chi connectivity index (χ2v) is 6.84. The van der Waals surface area contributed by atoms with Gasteiger partial charge >= 0.3 is 0 Å². The second-order valence-electron chi connectivity index (χ2n) is 6.84. The summed E-state index contributed by atoms with van der Waals surface area (Å²) in [5.74, 6) is 2.39. The van der Waals surface area contributed by atoms with Gasteiger partial charge in [0.2, 0.25) is 0 Å². The first-order valence-electron chi connectivity index (χ1n) is 9.94. The molecule has 1 heterocycles. The number of rotatable bonds is 9. The van der Waals surface area contributed by atoms with Crippen molar-refractivity contribution in [1.82, 2.24) is 20.6 Å². The standard InChI is InChI=1S/C23H29N5O2.HI/c1-17-9-10-19(21(13-17)30-12-11-29-3)14-26-23(24-2)27-16-22-25-15-20(28-22)18-7-5-4-6-8-18;/h4-10,13,15H,11-12,14,16H2,1-3H3,(H,25,28)(H2,24,26,27);1H. The number of nitrogens with zero attached hydrogens (tertiary/aromatic N) is 2. The van der Waals surface area contributed by atoms with E-state index in [2.05, 4.69) is 49.9 Å². The zero-order valence-electron chi connectivity index (χ0n) is 18.1. The van der Waals surface area contributed by atoms with Crippen LogP contribution in [0.2, 0.25) is 0 Å². The quantitative estimate of drug-likeness (QED) is 0.168. The predicted octanol–water partition coefficient (Wildman–Crippen LogP) is 3.89. The zero-order valence-corrected chi connectivity index (χ0v) is 20.5. The Hall–Kier alpha value is -2.59. The molecule has 0 atom stereocenters. The van der Waals surface area contributed by atoms with Crippen LogP contribution in [0.15, 0.2) is 59.7 Å². The molecular formula is C23H30IN5O2. The summed E-state index contributed by atoms with van der Waals surface area (Å²) in [4.78, 5) is 12.1. The minimum atomic E-state index is 0. The van der Waals surface area contributed by atoms with Gasteiger partial charge in [0.1, 0.15) is 18.2 Å². The van der Waals surface area contributed by atoms with Gasteiger partial charge in [0.05, 0.1) is 25.0 Å². The molecule has 0 aliphatic rings. The molecule has 0 unspecified atom stereocenters. The fraction of sp³-hybridized carbons (Fsp3) is 0.304. The van der Waals surface area contributed by atoms with Crippen LogP contribution in [0.1, 0.15) is 17.0 Å². The monoisotopic (exact) mass is 535 g/mol. The van der Waals surface area contributed by atoms with E-state index in [4.69, 9.17) is 9.47 Å². The number of ether oxygens (including phenoxy) is 2. The lowest BCUT2D eigenvalue weighted by atomic mass is 10.1. The van der Waals surface area contributed by atoms with Crippen LogP contribution in [0.25, 0.3) is 11.3 Å². The zero-order chi connectivity index (χ0) is 21.2. The van der Waals surface area contributed by atoms with Crippen molar-refractivity contribution in [3.05, 3.63) is 71.7 Å². The number of guanidine groups is 1. The maximum atomic E-state index is 5.86. The van der Waals surface area contributed by atoms with E-state index in [0.717, 1.165) is 34.0 Å². The lowest BCUT2D eigenvalue weighted by Gasteiger charge is -2.15. The Kier molecular flexibility index (Phi) is 10.3. The fourth-order valence-electron chi connectivity index (χ4n) is 2.96. The Morgan fingerprint density at radius 1 is 1.06 bits per heavy atom. The SMILES string of the molecule is CN=C(NCc1ncc(-c2ccccc2)[nH]1)NCc1ccc(C)cc1OCCOC.I. The summed E-state index contributed by atoms with van der Waals surface area (Å²) in [6, 6.07) is 16.3. The second kappa shape index (κ2) is 13.0. The highest BCUT2D eigenvalue weighted by Crippen LogP contribution is 2.20. The Morgan fingerprint density at radius 3 is 2.58 bits per heavy atom. The molecule has 0 spiro atoms. The molecule has 166 valence electrons. The molecule has 0 bridgehead atoms. The number of imidazole rings is 1. The van der Waals surface area contributed by atoms with Crippen LogP contribution in [0.3, 0.4) is 0 Å². The molecule has 0 fully saturated rings. The first-order valence-corrected chi connectivity index (χ1v) is 9.94. The summed E-state index contributed by atoms with van der Waals surface area (Å²) in [6.45, 7) is 4.25. The number of benzene rings is 2. The summed E-state index contributed by atoms with van der Waals surface area (Å²) in [5, 5.41) is 6.62. The first kappa shape index (κ1) is 24.7. The van der Waals surface area contributed by atoms with Gasteiger partial charge < -0.3 is 25.1 Å². The van der Waals surface area contributed by atoms with Crippen molar-refractivity contribution in [1.29, 1.82) is 0 Å². The highest BCUT2D eigenvalue weighted by atomic mass is 127. The number of aromatic nitrogens is 2. The molecule has 0 radical (unpaired) electrons. The summed E-state index contributed by atoms with van der Waals surface area (Å²) >= 11 is 0. The highest BCUT2D eigenvalue weighted by molar-refractivity contribution is 14.0. The number of H-pyrrole nitrogens is 1. The third-order valence-corrected chi connectivity index (χ3v) is 4.57. The van der Waals surface area contributed by atoms with Crippen molar-refractivity contribution in [2.24, 2.45) is 4.99 Å². The molecule has 3 aromatic rings. The predicted molar refractivity (Wildman–Crippen MR) is 135 cm³/mol. The van der Waals surface area contributed by atoms with Crippen LogP contribution in [-0.4, -0.2) is 43.3 Å². The molecule has 2 aromatic carbocycles. The maximum Gasteiger partial charge on any atom is 0.191 e. The number of methoxy groups -OCH3 is 1. The molecule has 3 N–H and O–H groups in total. The third kappa shape index (κ3) is 7.55. The molecule has 0 aliphatic carbocycles. The van der Waals surface area contributed by atoms with Crippen LogP contribution in [-0.2, 0) is 17.8 Å². The van der Waals surface area contributed by atoms with Crippen LogP contribution < -0.4 is 15.4 Å². The van der Waals surface area contributed by atoms with Crippen molar-refractivity contribution in [3.8, 4) is 17.0 Å². The largest absolute Gasteiger partial charge is 0.491 e. The molecule has 7 nitrogen and oxygen atoms in total. The Labute approximate surface area is 200 Å². The Bertz CT molecular complexity index is 960. The molecule has 0 saturated carbocycles. The number of aliphatic imine (C=N–C) groups is 1. The number of halogens is 1. The van der Waals surface area contributed by atoms with E-state index < -0.39 is 0 Å². The van der Waals surface area contributed by atoms with Crippen molar-refractivity contribution < 1.29 is 9.47 Å². The van der Waals surface area contributed by atoms with Crippen molar-refractivity contribution >= 4 is 29.9 Å². The summed E-state index contributed by atoms with van der Waals surface area (Å²) in [7, 11) is 3.41. The highest BCUT2D eigenvalue weighted by Gasteiger charge is 2.07. The Balaban J connectivity index is 0.00000341. The molecule has 3 rings (SSSR count). The average Bonchev–Trinajstić information content (AvgIpc) is 3.25. The molecular weight excluding hydrogens is 505 g/mol. The normalized spacial score (nSPS) is 11.0.